The number of hydrogen-bond acceptors (Lipinski definition) is 4. The Morgan fingerprint density at radius 2 is 1.77 bits per heavy atom. The minimum Gasteiger partial charge on any atom is -0.493 e. The van der Waals surface area contributed by atoms with Crippen LogP contribution in [0.2, 0.25) is 10.0 Å². The average Bonchev–Trinajstić information content (AvgIpc) is 2.75. The molecule has 0 atom stereocenters. The number of methoxy groups -OCH3 is 1. The summed E-state index contributed by atoms with van der Waals surface area (Å²) in [6, 6.07) is 14.6. The van der Waals surface area contributed by atoms with E-state index in [9.17, 15) is 4.79 Å². The van der Waals surface area contributed by atoms with E-state index in [4.69, 9.17) is 32.7 Å². The predicted octanol–water partition coefficient (Wildman–Crippen LogP) is 5.94. The Kier molecular flexibility index (Phi) is 7.94. The van der Waals surface area contributed by atoms with Crippen LogP contribution < -0.4 is 14.8 Å². The first-order valence-electron chi connectivity index (χ1n) is 9.48. The zero-order valence-corrected chi connectivity index (χ0v) is 18.0. The number of anilines is 1. The summed E-state index contributed by atoms with van der Waals surface area (Å²) in [7, 11) is 1.58. The molecule has 1 amide bonds. The topological polar surface area (TPSA) is 60.5 Å². The van der Waals surface area contributed by atoms with Crippen LogP contribution in [-0.2, 0) is 17.8 Å². The third kappa shape index (κ3) is 6.37. The first kappa shape index (κ1) is 21.9. The van der Waals surface area contributed by atoms with E-state index in [1.54, 1.807) is 43.8 Å². The molecular formula is C23H22Cl2N2O3. The molecule has 1 heterocycles. The largest absolute Gasteiger partial charge is 0.493 e. The summed E-state index contributed by atoms with van der Waals surface area (Å²) in [5.74, 6) is 1.09. The first-order valence-corrected chi connectivity index (χ1v) is 10.2. The van der Waals surface area contributed by atoms with Crippen LogP contribution in [0, 0.1) is 0 Å². The first-order chi connectivity index (χ1) is 14.5. The Morgan fingerprint density at radius 1 is 0.967 bits per heavy atom. The fraction of sp³-hybridized carbons (Fsp3) is 0.217. The third-order valence-electron chi connectivity index (χ3n) is 4.44. The summed E-state index contributed by atoms with van der Waals surface area (Å²) in [6.07, 6.45) is 5.26. The number of aromatic nitrogens is 1. The standard InChI is InChI=1S/C23H22Cl2N2O3/c1-29-21-8-6-18(14-22(21)30-15-17-9-11-26-12-10-17)27-23(28)4-2-3-16-5-7-19(24)20(25)13-16/h5-14H,2-4,15H2,1H3,(H,27,28). The van der Waals surface area contributed by atoms with Crippen LogP contribution in [0.3, 0.4) is 0 Å². The molecule has 0 saturated carbocycles. The fourth-order valence-corrected chi connectivity index (χ4v) is 3.20. The molecular weight excluding hydrogens is 423 g/mol. The molecule has 7 heteroatoms. The number of hydrogen-bond donors (Lipinski definition) is 1. The van der Waals surface area contributed by atoms with E-state index in [2.05, 4.69) is 10.3 Å². The lowest BCUT2D eigenvalue weighted by Gasteiger charge is -2.13. The van der Waals surface area contributed by atoms with E-state index < -0.39 is 0 Å². The maximum Gasteiger partial charge on any atom is 0.224 e. The summed E-state index contributed by atoms with van der Waals surface area (Å²) in [5.41, 5.74) is 2.69. The van der Waals surface area contributed by atoms with Gasteiger partial charge < -0.3 is 14.8 Å². The van der Waals surface area contributed by atoms with Crippen LogP contribution in [0.5, 0.6) is 11.5 Å². The molecule has 156 valence electrons. The lowest BCUT2D eigenvalue weighted by Crippen LogP contribution is -2.11. The highest BCUT2D eigenvalue weighted by Gasteiger charge is 2.09. The molecule has 0 aliphatic carbocycles. The van der Waals surface area contributed by atoms with Crippen molar-refractivity contribution in [3.8, 4) is 11.5 Å². The van der Waals surface area contributed by atoms with Gasteiger partial charge in [0, 0.05) is 30.6 Å². The van der Waals surface area contributed by atoms with Gasteiger partial charge in [-0.05, 0) is 60.4 Å². The molecule has 0 aliphatic rings. The molecule has 3 rings (SSSR count). The minimum absolute atomic E-state index is 0.0692. The second-order valence-electron chi connectivity index (χ2n) is 6.66. The van der Waals surface area contributed by atoms with E-state index in [1.165, 1.54) is 0 Å². The summed E-state index contributed by atoms with van der Waals surface area (Å²) < 4.78 is 11.2. The van der Waals surface area contributed by atoms with Gasteiger partial charge in [0.15, 0.2) is 11.5 Å². The minimum atomic E-state index is -0.0692. The van der Waals surface area contributed by atoms with Crippen molar-refractivity contribution in [1.29, 1.82) is 0 Å². The van der Waals surface area contributed by atoms with Crippen LogP contribution in [0.1, 0.15) is 24.0 Å². The van der Waals surface area contributed by atoms with E-state index in [0.717, 1.165) is 17.5 Å². The molecule has 0 unspecified atom stereocenters. The molecule has 0 spiro atoms. The molecule has 0 fully saturated rings. The lowest BCUT2D eigenvalue weighted by atomic mass is 10.1. The molecule has 0 bridgehead atoms. The number of rotatable bonds is 9. The van der Waals surface area contributed by atoms with Gasteiger partial charge in [-0.1, -0.05) is 29.3 Å². The molecule has 2 aromatic carbocycles. The molecule has 1 aromatic heterocycles. The van der Waals surface area contributed by atoms with Gasteiger partial charge in [-0.3, -0.25) is 9.78 Å². The number of ether oxygens (including phenoxy) is 2. The quantitative estimate of drug-likeness (QED) is 0.443. The second kappa shape index (κ2) is 10.9. The molecule has 3 aromatic rings. The van der Waals surface area contributed by atoms with Gasteiger partial charge in [0.05, 0.1) is 17.2 Å². The monoisotopic (exact) mass is 444 g/mol. The zero-order chi connectivity index (χ0) is 21.3. The summed E-state index contributed by atoms with van der Waals surface area (Å²) in [4.78, 5) is 16.3. The van der Waals surface area contributed by atoms with Crippen LogP contribution in [-0.4, -0.2) is 18.0 Å². The van der Waals surface area contributed by atoms with Crippen molar-refractivity contribution in [2.45, 2.75) is 25.9 Å². The number of nitrogens with zero attached hydrogens (tertiary/aromatic N) is 1. The molecule has 5 nitrogen and oxygen atoms in total. The highest BCUT2D eigenvalue weighted by molar-refractivity contribution is 6.42. The molecule has 0 saturated heterocycles. The molecule has 30 heavy (non-hydrogen) atoms. The molecule has 1 N–H and O–H groups in total. The van der Waals surface area contributed by atoms with Gasteiger partial charge in [0.25, 0.3) is 0 Å². The maximum absolute atomic E-state index is 12.3. The Balaban J connectivity index is 1.54. The number of aryl methyl sites for hydroxylation is 1. The van der Waals surface area contributed by atoms with Crippen molar-refractivity contribution >= 4 is 34.8 Å². The van der Waals surface area contributed by atoms with E-state index in [0.29, 0.717) is 46.7 Å². The number of halogens is 2. The fourth-order valence-electron chi connectivity index (χ4n) is 2.88. The Morgan fingerprint density at radius 3 is 2.50 bits per heavy atom. The van der Waals surface area contributed by atoms with E-state index in [1.807, 2.05) is 24.3 Å². The Labute approximate surface area is 185 Å². The maximum atomic E-state index is 12.3. The van der Waals surface area contributed by atoms with Crippen LogP contribution in [0.15, 0.2) is 60.9 Å². The van der Waals surface area contributed by atoms with Crippen molar-refractivity contribution in [3.05, 3.63) is 82.1 Å². The second-order valence-corrected chi connectivity index (χ2v) is 7.47. The average molecular weight is 445 g/mol. The highest BCUT2D eigenvalue weighted by atomic mass is 35.5. The number of amides is 1. The zero-order valence-electron chi connectivity index (χ0n) is 16.5. The van der Waals surface area contributed by atoms with Crippen molar-refractivity contribution in [3.63, 3.8) is 0 Å². The van der Waals surface area contributed by atoms with E-state index in [-0.39, 0.29) is 5.91 Å². The highest BCUT2D eigenvalue weighted by Crippen LogP contribution is 2.31. The van der Waals surface area contributed by atoms with Crippen molar-refractivity contribution in [1.82, 2.24) is 4.98 Å². The van der Waals surface area contributed by atoms with Crippen LogP contribution >= 0.6 is 23.2 Å². The van der Waals surface area contributed by atoms with Crippen LogP contribution in [0.25, 0.3) is 0 Å². The lowest BCUT2D eigenvalue weighted by molar-refractivity contribution is -0.116. The van der Waals surface area contributed by atoms with Gasteiger partial charge in [-0.15, -0.1) is 0 Å². The molecule has 0 radical (unpaired) electrons. The van der Waals surface area contributed by atoms with Crippen molar-refractivity contribution in [2.75, 3.05) is 12.4 Å². The van der Waals surface area contributed by atoms with Crippen molar-refractivity contribution in [2.24, 2.45) is 0 Å². The van der Waals surface area contributed by atoms with Gasteiger partial charge in [0.1, 0.15) is 6.61 Å². The van der Waals surface area contributed by atoms with Gasteiger partial charge in [-0.2, -0.15) is 0 Å². The molecule has 0 aliphatic heterocycles. The SMILES string of the molecule is COc1ccc(NC(=O)CCCc2ccc(Cl)c(Cl)c2)cc1OCc1ccncc1. The number of benzene rings is 2. The Bertz CT molecular complexity index is 997. The number of nitrogens with one attached hydrogen (secondary N) is 1. The summed E-state index contributed by atoms with van der Waals surface area (Å²) >= 11 is 12.0. The number of carbonyl (C=O) groups excluding carboxylic acids is 1. The van der Waals surface area contributed by atoms with Crippen molar-refractivity contribution < 1.29 is 14.3 Å². The van der Waals surface area contributed by atoms with Crippen LogP contribution in [0.4, 0.5) is 5.69 Å². The van der Waals surface area contributed by atoms with Gasteiger partial charge in [-0.25, -0.2) is 0 Å². The van der Waals surface area contributed by atoms with Gasteiger partial charge in [0.2, 0.25) is 5.91 Å². The third-order valence-corrected chi connectivity index (χ3v) is 5.18. The number of pyridine rings is 1. The smallest absolute Gasteiger partial charge is 0.224 e. The summed E-state index contributed by atoms with van der Waals surface area (Å²) in [5, 5.41) is 3.96. The van der Waals surface area contributed by atoms with Gasteiger partial charge >= 0.3 is 0 Å². The predicted molar refractivity (Wildman–Crippen MR) is 120 cm³/mol. The van der Waals surface area contributed by atoms with E-state index >= 15 is 0 Å². The summed E-state index contributed by atoms with van der Waals surface area (Å²) in [6.45, 7) is 0.375. The Hall–Kier alpha value is -2.76. The number of carbonyl (C=O) groups is 1. The normalized spacial score (nSPS) is 10.5.